The van der Waals surface area contributed by atoms with Crippen molar-refractivity contribution in [2.75, 3.05) is 0 Å². The maximum atomic E-state index is 12.4. The molecule has 0 saturated carbocycles. The molecule has 1 atom stereocenters. The number of nitrogens with zero attached hydrogens (tertiary/aromatic N) is 1. The van der Waals surface area contributed by atoms with E-state index in [9.17, 15) is 4.79 Å². The first-order valence-electron chi connectivity index (χ1n) is 7.97. The highest BCUT2D eigenvalue weighted by atomic mass is 16.1. The van der Waals surface area contributed by atoms with E-state index in [0.717, 1.165) is 42.6 Å². The van der Waals surface area contributed by atoms with Gasteiger partial charge < -0.3 is 5.32 Å². The summed E-state index contributed by atoms with van der Waals surface area (Å²) in [6.45, 7) is 8.58. The Balaban J connectivity index is 2.07. The highest BCUT2D eigenvalue weighted by molar-refractivity contribution is 5.98. The highest BCUT2D eigenvalue weighted by Crippen LogP contribution is 2.27. The van der Waals surface area contributed by atoms with E-state index >= 15 is 0 Å². The fourth-order valence-electron chi connectivity index (χ4n) is 2.91. The first-order chi connectivity index (χ1) is 9.99. The lowest BCUT2D eigenvalue weighted by molar-refractivity contribution is 0.0930. The van der Waals surface area contributed by atoms with Gasteiger partial charge in [0.25, 0.3) is 5.91 Å². The van der Waals surface area contributed by atoms with E-state index in [1.165, 1.54) is 5.56 Å². The third-order valence-electron chi connectivity index (χ3n) is 3.83. The van der Waals surface area contributed by atoms with Gasteiger partial charge in [0.15, 0.2) is 0 Å². The minimum atomic E-state index is 0.0247. The first kappa shape index (κ1) is 15.7. The zero-order valence-corrected chi connectivity index (χ0v) is 13.6. The van der Waals surface area contributed by atoms with Gasteiger partial charge in [0.2, 0.25) is 0 Å². The van der Waals surface area contributed by atoms with Crippen LogP contribution in [0.2, 0.25) is 0 Å². The average molecular weight is 286 g/mol. The van der Waals surface area contributed by atoms with Gasteiger partial charge in [0.05, 0.1) is 5.69 Å². The maximum absolute atomic E-state index is 12.4. The second kappa shape index (κ2) is 6.88. The Bertz CT molecular complexity index is 546. The van der Waals surface area contributed by atoms with Crippen LogP contribution in [0.1, 0.15) is 62.9 Å². The van der Waals surface area contributed by atoms with Gasteiger partial charge in [-0.2, -0.15) is 0 Å². The predicted molar refractivity (Wildman–Crippen MR) is 88.5 cm³/mol. The molecule has 1 unspecified atom stereocenters. The molecule has 0 bridgehead atoms. The Morgan fingerprint density at radius 1 is 1.38 bits per heavy atom. The average Bonchev–Trinajstić information content (AvgIpc) is 2.77. The van der Waals surface area contributed by atoms with Crippen molar-refractivity contribution in [1.82, 2.24) is 5.32 Å². The highest BCUT2D eigenvalue weighted by Gasteiger charge is 2.17. The van der Waals surface area contributed by atoms with Crippen molar-refractivity contribution in [1.29, 1.82) is 0 Å². The number of aliphatic imine (C=N–C) groups is 1. The van der Waals surface area contributed by atoms with E-state index in [2.05, 4.69) is 31.1 Å². The molecule has 1 aliphatic rings. The van der Waals surface area contributed by atoms with E-state index < -0.39 is 0 Å². The van der Waals surface area contributed by atoms with Gasteiger partial charge in [-0.3, -0.25) is 9.79 Å². The summed E-state index contributed by atoms with van der Waals surface area (Å²) in [5.41, 5.74) is 4.01. The van der Waals surface area contributed by atoms with Crippen LogP contribution in [0.15, 0.2) is 23.2 Å². The molecule has 1 aromatic carbocycles. The number of amides is 1. The van der Waals surface area contributed by atoms with E-state index in [0.29, 0.717) is 5.92 Å². The topological polar surface area (TPSA) is 41.5 Å². The summed E-state index contributed by atoms with van der Waals surface area (Å²) in [4.78, 5) is 16.9. The van der Waals surface area contributed by atoms with Crippen molar-refractivity contribution >= 4 is 17.3 Å². The van der Waals surface area contributed by atoms with Gasteiger partial charge in [-0.25, -0.2) is 0 Å². The van der Waals surface area contributed by atoms with Gasteiger partial charge in [0, 0.05) is 23.7 Å². The Labute approximate surface area is 127 Å². The Morgan fingerprint density at radius 3 is 2.81 bits per heavy atom. The summed E-state index contributed by atoms with van der Waals surface area (Å²) in [7, 11) is 0. The molecule has 1 amide bonds. The van der Waals surface area contributed by atoms with Gasteiger partial charge in [-0.05, 0) is 43.4 Å². The molecule has 1 N–H and O–H groups in total. The summed E-state index contributed by atoms with van der Waals surface area (Å²) < 4.78 is 0. The molecule has 114 valence electrons. The largest absolute Gasteiger partial charge is 0.349 e. The van der Waals surface area contributed by atoms with E-state index in [1.807, 2.05) is 25.1 Å². The number of rotatable bonds is 6. The van der Waals surface area contributed by atoms with Gasteiger partial charge in [0.1, 0.15) is 0 Å². The van der Waals surface area contributed by atoms with Crippen LogP contribution in [0, 0.1) is 5.92 Å². The minimum absolute atomic E-state index is 0.0247. The Hall–Kier alpha value is -1.64. The number of carbonyl (C=O) groups is 1. The van der Waals surface area contributed by atoms with Crippen molar-refractivity contribution in [3.8, 4) is 0 Å². The molecule has 0 radical (unpaired) electrons. The third kappa shape index (κ3) is 4.16. The first-order valence-corrected chi connectivity index (χ1v) is 7.97. The summed E-state index contributed by atoms with van der Waals surface area (Å²) >= 11 is 0. The molecule has 21 heavy (non-hydrogen) atoms. The zero-order valence-electron chi connectivity index (χ0n) is 13.6. The van der Waals surface area contributed by atoms with Crippen molar-refractivity contribution in [2.45, 2.75) is 59.4 Å². The predicted octanol–water partition coefficient (Wildman–Crippen LogP) is 4.28. The third-order valence-corrected chi connectivity index (χ3v) is 3.83. The standard InChI is InChI=1S/C18H26N2O/c1-5-6-16(9-12(2)3)20-18(21)15-8-7-14-10-13(4)19-17(14)11-15/h7-8,11-12,16H,5-6,9-10H2,1-4H3,(H,20,21). The summed E-state index contributed by atoms with van der Waals surface area (Å²) in [6.07, 6.45) is 4.06. The van der Waals surface area contributed by atoms with Crippen LogP contribution in [-0.2, 0) is 6.42 Å². The van der Waals surface area contributed by atoms with Crippen molar-refractivity contribution in [3.63, 3.8) is 0 Å². The Morgan fingerprint density at radius 2 is 2.14 bits per heavy atom. The molecule has 3 nitrogen and oxygen atoms in total. The Kier molecular flexibility index (Phi) is 5.16. The number of carbonyl (C=O) groups excluding carboxylic acids is 1. The molecule has 2 rings (SSSR count). The molecule has 1 aromatic rings. The van der Waals surface area contributed by atoms with Gasteiger partial charge in [-0.15, -0.1) is 0 Å². The molecule has 3 heteroatoms. The van der Waals surface area contributed by atoms with E-state index in [-0.39, 0.29) is 11.9 Å². The van der Waals surface area contributed by atoms with E-state index in [4.69, 9.17) is 0 Å². The summed E-state index contributed by atoms with van der Waals surface area (Å²) in [6, 6.07) is 6.13. The monoisotopic (exact) mass is 286 g/mol. The second-order valence-corrected chi connectivity index (χ2v) is 6.46. The summed E-state index contributed by atoms with van der Waals surface area (Å²) in [5.74, 6) is 0.616. The van der Waals surface area contributed by atoms with Crippen LogP contribution < -0.4 is 5.32 Å². The molecule has 0 fully saturated rings. The van der Waals surface area contributed by atoms with Crippen LogP contribution in [0.5, 0.6) is 0 Å². The number of benzene rings is 1. The zero-order chi connectivity index (χ0) is 15.4. The SMILES string of the molecule is CCCC(CC(C)C)NC(=O)c1ccc2c(c1)N=C(C)C2. The maximum Gasteiger partial charge on any atom is 0.251 e. The second-order valence-electron chi connectivity index (χ2n) is 6.46. The summed E-state index contributed by atoms with van der Waals surface area (Å²) in [5, 5.41) is 3.18. The molecular weight excluding hydrogens is 260 g/mol. The number of hydrogen-bond donors (Lipinski definition) is 1. The molecule has 0 aliphatic carbocycles. The van der Waals surface area contributed by atoms with Gasteiger partial charge >= 0.3 is 0 Å². The van der Waals surface area contributed by atoms with Crippen LogP contribution >= 0.6 is 0 Å². The lowest BCUT2D eigenvalue weighted by atomic mass is 9.99. The molecule has 1 aliphatic heterocycles. The molecule has 0 spiro atoms. The fraction of sp³-hybridized carbons (Fsp3) is 0.556. The molecule has 0 saturated heterocycles. The molecule has 1 heterocycles. The normalized spacial score (nSPS) is 14.8. The number of hydrogen-bond acceptors (Lipinski definition) is 2. The lowest BCUT2D eigenvalue weighted by Crippen LogP contribution is -2.35. The molecular formula is C18H26N2O. The van der Waals surface area contributed by atoms with Crippen molar-refractivity contribution in [2.24, 2.45) is 10.9 Å². The van der Waals surface area contributed by atoms with Crippen molar-refractivity contribution < 1.29 is 4.79 Å². The van der Waals surface area contributed by atoms with Crippen LogP contribution in [0.25, 0.3) is 0 Å². The van der Waals surface area contributed by atoms with Gasteiger partial charge in [-0.1, -0.05) is 33.3 Å². The molecule has 0 aromatic heterocycles. The number of nitrogens with one attached hydrogen (secondary N) is 1. The van der Waals surface area contributed by atoms with Crippen LogP contribution in [0.3, 0.4) is 0 Å². The number of fused-ring (bicyclic) bond motifs is 1. The van der Waals surface area contributed by atoms with Crippen LogP contribution in [-0.4, -0.2) is 17.7 Å². The quantitative estimate of drug-likeness (QED) is 0.833. The van der Waals surface area contributed by atoms with Crippen LogP contribution in [0.4, 0.5) is 5.69 Å². The minimum Gasteiger partial charge on any atom is -0.349 e. The van der Waals surface area contributed by atoms with E-state index in [1.54, 1.807) is 0 Å². The fourth-order valence-corrected chi connectivity index (χ4v) is 2.91. The smallest absolute Gasteiger partial charge is 0.251 e. The van der Waals surface area contributed by atoms with Crippen molar-refractivity contribution in [3.05, 3.63) is 29.3 Å². The lowest BCUT2D eigenvalue weighted by Gasteiger charge is -2.20.